The van der Waals surface area contributed by atoms with Crippen molar-refractivity contribution in [1.82, 2.24) is 10.6 Å². The molecule has 126 valence electrons. The van der Waals surface area contributed by atoms with Gasteiger partial charge < -0.3 is 15.7 Å². The lowest BCUT2D eigenvalue weighted by molar-refractivity contribution is 0.0276. The molecule has 1 aliphatic rings. The van der Waals surface area contributed by atoms with E-state index in [2.05, 4.69) is 10.6 Å². The van der Waals surface area contributed by atoms with Gasteiger partial charge in [-0.15, -0.1) is 0 Å². The minimum atomic E-state index is -0.819. The molecule has 1 fully saturated rings. The van der Waals surface area contributed by atoms with E-state index in [1.807, 2.05) is 54.6 Å². The second kappa shape index (κ2) is 7.60. The minimum Gasteiger partial charge on any atom is -0.388 e. The fourth-order valence-corrected chi connectivity index (χ4v) is 3.18. The monoisotopic (exact) mass is 324 g/mol. The molecule has 0 bridgehead atoms. The van der Waals surface area contributed by atoms with Crippen molar-refractivity contribution in [3.05, 3.63) is 60.2 Å². The first kappa shape index (κ1) is 16.7. The molecule has 3 rings (SSSR count). The number of carbonyl (C=O) groups is 1. The van der Waals surface area contributed by atoms with Crippen molar-refractivity contribution < 1.29 is 9.90 Å². The van der Waals surface area contributed by atoms with Gasteiger partial charge >= 0.3 is 0 Å². The van der Waals surface area contributed by atoms with Gasteiger partial charge in [-0.25, -0.2) is 0 Å². The van der Waals surface area contributed by atoms with Crippen LogP contribution >= 0.6 is 0 Å². The molecule has 1 saturated heterocycles. The number of nitrogens with one attached hydrogen (secondary N) is 2. The second-order valence-electron chi connectivity index (χ2n) is 6.42. The summed E-state index contributed by atoms with van der Waals surface area (Å²) in [5.74, 6) is -0.139. The van der Waals surface area contributed by atoms with Crippen LogP contribution in [0.1, 0.15) is 29.6 Å². The van der Waals surface area contributed by atoms with Gasteiger partial charge in [-0.3, -0.25) is 4.79 Å². The summed E-state index contributed by atoms with van der Waals surface area (Å²) in [5, 5.41) is 16.9. The van der Waals surface area contributed by atoms with Crippen LogP contribution in [-0.2, 0) is 0 Å². The third-order valence-electron chi connectivity index (χ3n) is 4.60. The quantitative estimate of drug-likeness (QED) is 0.810. The summed E-state index contributed by atoms with van der Waals surface area (Å²) in [4.78, 5) is 12.7. The van der Waals surface area contributed by atoms with E-state index in [-0.39, 0.29) is 12.5 Å². The summed E-state index contributed by atoms with van der Waals surface area (Å²) >= 11 is 0. The highest BCUT2D eigenvalue weighted by molar-refractivity contribution is 6.00. The number of amides is 1. The fourth-order valence-electron chi connectivity index (χ4n) is 3.18. The van der Waals surface area contributed by atoms with E-state index in [9.17, 15) is 9.90 Å². The lowest BCUT2D eigenvalue weighted by atomic mass is 9.94. The molecule has 2 aromatic rings. The SMILES string of the molecule is O=C(NC[C@@]1(O)CCCNCC1)c1ccccc1-c1ccccc1. The standard InChI is InChI=1S/C20H24N2O2/c23-19(22-15-20(24)11-6-13-21-14-12-20)18-10-5-4-9-17(18)16-7-2-1-3-8-16/h1-5,7-10,21,24H,6,11-15H2,(H,22,23)/t20-/m1/s1. The molecular formula is C20H24N2O2. The van der Waals surface area contributed by atoms with Crippen molar-refractivity contribution in [2.45, 2.75) is 24.9 Å². The number of aliphatic hydroxyl groups is 1. The van der Waals surface area contributed by atoms with E-state index in [0.29, 0.717) is 18.4 Å². The Morgan fingerprint density at radius 1 is 1.04 bits per heavy atom. The van der Waals surface area contributed by atoms with Crippen molar-refractivity contribution in [2.75, 3.05) is 19.6 Å². The maximum atomic E-state index is 12.7. The summed E-state index contributed by atoms with van der Waals surface area (Å²) in [7, 11) is 0. The Morgan fingerprint density at radius 2 is 1.79 bits per heavy atom. The van der Waals surface area contributed by atoms with Crippen LogP contribution in [0.3, 0.4) is 0 Å². The number of rotatable bonds is 4. The van der Waals surface area contributed by atoms with Gasteiger partial charge in [0.25, 0.3) is 5.91 Å². The molecule has 0 aliphatic carbocycles. The second-order valence-corrected chi connectivity index (χ2v) is 6.42. The highest BCUT2D eigenvalue weighted by Crippen LogP contribution is 2.24. The molecule has 4 nitrogen and oxygen atoms in total. The zero-order chi connectivity index (χ0) is 16.8. The van der Waals surface area contributed by atoms with Crippen LogP contribution in [0.2, 0.25) is 0 Å². The first-order valence-electron chi connectivity index (χ1n) is 8.54. The predicted molar refractivity (Wildman–Crippen MR) is 95.9 cm³/mol. The fraction of sp³-hybridized carbons (Fsp3) is 0.350. The van der Waals surface area contributed by atoms with Gasteiger partial charge in [-0.1, -0.05) is 48.5 Å². The normalized spacial score (nSPS) is 21.0. The molecule has 1 amide bonds. The third kappa shape index (κ3) is 4.02. The van der Waals surface area contributed by atoms with Gasteiger partial charge in [0.2, 0.25) is 0 Å². The smallest absolute Gasteiger partial charge is 0.252 e. The van der Waals surface area contributed by atoms with Crippen LogP contribution in [0.4, 0.5) is 0 Å². The Labute approximate surface area is 142 Å². The Kier molecular flexibility index (Phi) is 5.28. The van der Waals surface area contributed by atoms with Gasteiger partial charge in [-0.05, 0) is 49.5 Å². The number of benzene rings is 2. The summed E-state index contributed by atoms with van der Waals surface area (Å²) in [6.45, 7) is 2.00. The van der Waals surface area contributed by atoms with E-state index >= 15 is 0 Å². The van der Waals surface area contributed by atoms with Crippen LogP contribution in [0.5, 0.6) is 0 Å². The first-order valence-corrected chi connectivity index (χ1v) is 8.54. The molecule has 1 aliphatic heterocycles. The van der Waals surface area contributed by atoms with Crippen LogP contribution in [0.15, 0.2) is 54.6 Å². The first-order chi connectivity index (χ1) is 11.7. The summed E-state index contributed by atoms with van der Waals surface area (Å²) < 4.78 is 0. The summed E-state index contributed by atoms with van der Waals surface area (Å²) in [6, 6.07) is 17.5. The molecule has 0 radical (unpaired) electrons. The van der Waals surface area contributed by atoms with Crippen molar-refractivity contribution in [2.24, 2.45) is 0 Å². The van der Waals surface area contributed by atoms with E-state index < -0.39 is 5.60 Å². The van der Waals surface area contributed by atoms with E-state index in [4.69, 9.17) is 0 Å². The molecule has 2 aromatic carbocycles. The lowest BCUT2D eigenvalue weighted by Gasteiger charge is -2.26. The van der Waals surface area contributed by atoms with E-state index in [1.165, 1.54) is 0 Å². The maximum Gasteiger partial charge on any atom is 0.252 e. The average molecular weight is 324 g/mol. The molecule has 1 heterocycles. The zero-order valence-electron chi connectivity index (χ0n) is 13.8. The average Bonchev–Trinajstić information content (AvgIpc) is 2.85. The highest BCUT2D eigenvalue weighted by Gasteiger charge is 2.28. The predicted octanol–water partition coefficient (Wildman–Crippen LogP) is 2.59. The van der Waals surface area contributed by atoms with Crippen molar-refractivity contribution >= 4 is 5.91 Å². The van der Waals surface area contributed by atoms with Crippen molar-refractivity contribution in [3.8, 4) is 11.1 Å². The Balaban J connectivity index is 1.74. The van der Waals surface area contributed by atoms with Crippen LogP contribution in [-0.4, -0.2) is 36.2 Å². The number of carbonyl (C=O) groups excluding carboxylic acids is 1. The molecule has 1 atom stereocenters. The zero-order valence-corrected chi connectivity index (χ0v) is 13.8. The van der Waals surface area contributed by atoms with Crippen LogP contribution in [0, 0.1) is 0 Å². The number of hydrogen-bond acceptors (Lipinski definition) is 3. The summed E-state index contributed by atoms with van der Waals surface area (Å²) in [5.41, 5.74) is 1.74. The molecular weight excluding hydrogens is 300 g/mol. The van der Waals surface area contributed by atoms with E-state index in [1.54, 1.807) is 0 Å². The van der Waals surface area contributed by atoms with Crippen LogP contribution < -0.4 is 10.6 Å². The number of hydrogen-bond donors (Lipinski definition) is 3. The Morgan fingerprint density at radius 3 is 2.62 bits per heavy atom. The van der Waals surface area contributed by atoms with Gasteiger partial charge in [0, 0.05) is 12.1 Å². The lowest BCUT2D eigenvalue weighted by Crippen LogP contribution is -2.43. The van der Waals surface area contributed by atoms with Gasteiger partial charge in [0.15, 0.2) is 0 Å². The molecule has 4 heteroatoms. The van der Waals surface area contributed by atoms with Crippen LogP contribution in [0.25, 0.3) is 11.1 Å². The molecule has 0 aromatic heterocycles. The molecule has 24 heavy (non-hydrogen) atoms. The largest absolute Gasteiger partial charge is 0.388 e. The Bertz CT molecular complexity index is 677. The van der Waals surface area contributed by atoms with E-state index in [0.717, 1.165) is 30.6 Å². The third-order valence-corrected chi connectivity index (χ3v) is 4.60. The molecule has 3 N–H and O–H groups in total. The van der Waals surface area contributed by atoms with Crippen molar-refractivity contribution in [3.63, 3.8) is 0 Å². The molecule has 0 unspecified atom stereocenters. The highest BCUT2D eigenvalue weighted by atomic mass is 16.3. The maximum absolute atomic E-state index is 12.7. The van der Waals surface area contributed by atoms with Crippen molar-refractivity contribution in [1.29, 1.82) is 0 Å². The van der Waals surface area contributed by atoms with Gasteiger partial charge in [-0.2, -0.15) is 0 Å². The van der Waals surface area contributed by atoms with Gasteiger partial charge in [0.1, 0.15) is 0 Å². The Hall–Kier alpha value is -2.17. The van der Waals surface area contributed by atoms with Gasteiger partial charge in [0.05, 0.1) is 5.60 Å². The minimum absolute atomic E-state index is 0.139. The molecule has 0 saturated carbocycles. The summed E-state index contributed by atoms with van der Waals surface area (Å²) in [6.07, 6.45) is 2.29. The topological polar surface area (TPSA) is 61.4 Å². The molecule has 0 spiro atoms.